The number of fused-ring (bicyclic) bond motifs is 1. The van der Waals surface area contributed by atoms with Crippen molar-refractivity contribution >= 4 is 22.8 Å². The molecule has 2 N–H and O–H groups in total. The Kier molecular flexibility index (Phi) is 5.58. The van der Waals surface area contributed by atoms with Gasteiger partial charge in [-0.2, -0.15) is 0 Å². The number of hydrogen-bond acceptors (Lipinski definition) is 3. The van der Waals surface area contributed by atoms with Crippen LogP contribution < -0.4 is 5.32 Å². The summed E-state index contributed by atoms with van der Waals surface area (Å²) in [5.41, 5.74) is 2.00. The molecule has 1 atom stereocenters. The number of H-pyrrole nitrogens is 1. The molecule has 1 amide bonds. The lowest BCUT2D eigenvalue weighted by atomic mass is 10.0. The number of rotatable bonds is 7. The molecule has 0 unspecified atom stereocenters. The summed E-state index contributed by atoms with van der Waals surface area (Å²) in [6.45, 7) is 2.02. The maximum Gasteiger partial charge on any atom is 0.328 e. The van der Waals surface area contributed by atoms with Gasteiger partial charge in [0.15, 0.2) is 0 Å². The number of para-hydroxylation sites is 1. The zero-order valence-electron chi connectivity index (χ0n) is 13.0. The summed E-state index contributed by atoms with van der Waals surface area (Å²) in [7, 11) is 1.34. The number of methoxy groups -OCH3 is 1. The Morgan fingerprint density at radius 3 is 2.82 bits per heavy atom. The van der Waals surface area contributed by atoms with E-state index in [1.165, 1.54) is 7.11 Å². The van der Waals surface area contributed by atoms with Crippen LogP contribution in [0.15, 0.2) is 30.5 Å². The summed E-state index contributed by atoms with van der Waals surface area (Å²) in [6, 6.07) is 7.22. The minimum absolute atomic E-state index is 0.114. The number of hydrogen-bond donors (Lipinski definition) is 2. The molecular formula is C17H22N2O3. The molecule has 0 fully saturated rings. The molecule has 1 aromatic heterocycles. The number of carbonyl (C=O) groups is 2. The highest BCUT2D eigenvalue weighted by atomic mass is 16.5. The lowest BCUT2D eigenvalue weighted by Crippen LogP contribution is -2.42. The van der Waals surface area contributed by atoms with E-state index in [-0.39, 0.29) is 5.91 Å². The van der Waals surface area contributed by atoms with Gasteiger partial charge in [0.2, 0.25) is 5.91 Å². The van der Waals surface area contributed by atoms with Crippen LogP contribution in [0.3, 0.4) is 0 Å². The molecule has 0 spiro atoms. The molecule has 0 aliphatic carbocycles. The monoisotopic (exact) mass is 302 g/mol. The van der Waals surface area contributed by atoms with Crippen LogP contribution >= 0.6 is 0 Å². The minimum atomic E-state index is -0.659. The second-order valence-corrected chi connectivity index (χ2v) is 5.31. The molecule has 0 radical (unpaired) electrons. The first-order valence-electron chi connectivity index (χ1n) is 7.58. The highest BCUT2D eigenvalue weighted by Gasteiger charge is 2.22. The quantitative estimate of drug-likeness (QED) is 0.772. The van der Waals surface area contributed by atoms with Crippen molar-refractivity contribution in [3.63, 3.8) is 0 Å². The van der Waals surface area contributed by atoms with Gasteiger partial charge in [0.25, 0.3) is 0 Å². The molecule has 1 aromatic carbocycles. The third-order valence-corrected chi connectivity index (χ3v) is 3.68. The van der Waals surface area contributed by atoms with E-state index >= 15 is 0 Å². The molecule has 1 heterocycles. The van der Waals surface area contributed by atoms with Crippen molar-refractivity contribution in [3.05, 3.63) is 36.0 Å². The molecule has 2 aromatic rings. The molecule has 118 valence electrons. The number of nitrogens with one attached hydrogen (secondary N) is 2. The first-order chi connectivity index (χ1) is 10.7. The standard InChI is InChI=1S/C17H22N2O3/c1-3-4-9-16(20)19-15(17(21)22-2)10-12-11-18-14-8-6-5-7-13(12)14/h5-8,11,15,18H,3-4,9-10H2,1-2H3,(H,19,20)/t15-/m0/s1. The van der Waals surface area contributed by atoms with Gasteiger partial charge >= 0.3 is 5.97 Å². The summed E-state index contributed by atoms with van der Waals surface area (Å²) in [6.07, 6.45) is 4.47. The summed E-state index contributed by atoms with van der Waals surface area (Å²) >= 11 is 0. The number of ether oxygens (including phenoxy) is 1. The van der Waals surface area contributed by atoms with Crippen LogP contribution in [0.25, 0.3) is 10.9 Å². The molecule has 0 bridgehead atoms. The Morgan fingerprint density at radius 2 is 2.09 bits per heavy atom. The predicted molar refractivity (Wildman–Crippen MR) is 85.5 cm³/mol. The Bertz CT molecular complexity index is 648. The van der Waals surface area contributed by atoms with Crippen molar-refractivity contribution in [2.24, 2.45) is 0 Å². The number of amides is 1. The van der Waals surface area contributed by atoms with Crippen molar-refractivity contribution < 1.29 is 14.3 Å². The molecule has 0 aliphatic heterocycles. The fourth-order valence-electron chi connectivity index (χ4n) is 2.46. The van der Waals surface area contributed by atoms with Gasteiger partial charge in [-0.05, 0) is 18.1 Å². The van der Waals surface area contributed by atoms with Gasteiger partial charge in [0.05, 0.1) is 7.11 Å². The van der Waals surface area contributed by atoms with Crippen LogP contribution in [0, 0.1) is 0 Å². The molecule has 5 heteroatoms. The maximum atomic E-state index is 11.9. The van der Waals surface area contributed by atoms with Crippen molar-refractivity contribution in [3.8, 4) is 0 Å². The topological polar surface area (TPSA) is 71.2 Å². The molecular weight excluding hydrogens is 280 g/mol. The second kappa shape index (κ2) is 7.64. The number of aromatic amines is 1. The highest BCUT2D eigenvalue weighted by Crippen LogP contribution is 2.19. The number of benzene rings is 1. The number of unbranched alkanes of at least 4 members (excludes halogenated alkanes) is 1. The van der Waals surface area contributed by atoms with E-state index in [2.05, 4.69) is 10.3 Å². The average Bonchev–Trinajstić information content (AvgIpc) is 2.94. The van der Waals surface area contributed by atoms with Crippen molar-refractivity contribution in [2.75, 3.05) is 7.11 Å². The van der Waals surface area contributed by atoms with Crippen molar-refractivity contribution in [1.82, 2.24) is 10.3 Å². The Balaban J connectivity index is 2.12. The number of esters is 1. The van der Waals surface area contributed by atoms with Crippen LogP contribution in [0.1, 0.15) is 31.7 Å². The van der Waals surface area contributed by atoms with Crippen LogP contribution in [0.4, 0.5) is 0 Å². The zero-order valence-corrected chi connectivity index (χ0v) is 13.0. The fraction of sp³-hybridized carbons (Fsp3) is 0.412. The van der Waals surface area contributed by atoms with Gasteiger partial charge in [-0.3, -0.25) is 4.79 Å². The molecule has 22 heavy (non-hydrogen) atoms. The number of aromatic nitrogens is 1. The smallest absolute Gasteiger partial charge is 0.328 e. The SMILES string of the molecule is CCCCC(=O)N[C@@H](Cc1c[nH]c2ccccc12)C(=O)OC. The summed E-state index contributed by atoms with van der Waals surface area (Å²) in [5.74, 6) is -0.535. The van der Waals surface area contributed by atoms with E-state index in [0.717, 1.165) is 29.3 Å². The van der Waals surface area contributed by atoms with Crippen LogP contribution in [0.5, 0.6) is 0 Å². The van der Waals surface area contributed by atoms with Gasteiger partial charge in [0, 0.05) is 29.9 Å². The Labute approximate surface area is 130 Å². The van der Waals surface area contributed by atoms with E-state index in [4.69, 9.17) is 4.74 Å². The van der Waals surface area contributed by atoms with Gasteiger partial charge < -0.3 is 15.0 Å². The van der Waals surface area contributed by atoms with E-state index in [9.17, 15) is 9.59 Å². The predicted octanol–water partition coefficient (Wildman–Crippen LogP) is 2.56. The largest absolute Gasteiger partial charge is 0.467 e. The van der Waals surface area contributed by atoms with Crippen molar-refractivity contribution in [2.45, 2.75) is 38.6 Å². The van der Waals surface area contributed by atoms with E-state index in [1.54, 1.807) is 0 Å². The summed E-state index contributed by atoms with van der Waals surface area (Å²) in [4.78, 5) is 27.0. The fourth-order valence-corrected chi connectivity index (χ4v) is 2.46. The van der Waals surface area contributed by atoms with Gasteiger partial charge in [-0.15, -0.1) is 0 Å². The lowest BCUT2D eigenvalue weighted by Gasteiger charge is -2.16. The third-order valence-electron chi connectivity index (χ3n) is 3.68. The summed E-state index contributed by atoms with van der Waals surface area (Å²) < 4.78 is 4.81. The minimum Gasteiger partial charge on any atom is -0.467 e. The van der Waals surface area contributed by atoms with Gasteiger partial charge in [0.1, 0.15) is 6.04 Å². The van der Waals surface area contributed by atoms with Crippen molar-refractivity contribution in [1.29, 1.82) is 0 Å². The van der Waals surface area contributed by atoms with E-state index in [1.807, 2.05) is 37.4 Å². The molecule has 5 nitrogen and oxygen atoms in total. The van der Waals surface area contributed by atoms with Crippen LogP contribution in [-0.4, -0.2) is 30.0 Å². The van der Waals surface area contributed by atoms with E-state index < -0.39 is 12.0 Å². The zero-order chi connectivity index (χ0) is 15.9. The Hall–Kier alpha value is -2.30. The maximum absolute atomic E-state index is 11.9. The average molecular weight is 302 g/mol. The van der Waals surface area contributed by atoms with Crippen LogP contribution in [0.2, 0.25) is 0 Å². The van der Waals surface area contributed by atoms with Crippen LogP contribution in [-0.2, 0) is 20.7 Å². The van der Waals surface area contributed by atoms with Gasteiger partial charge in [-0.1, -0.05) is 31.5 Å². The second-order valence-electron chi connectivity index (χ2n) is 5.31. The molecule has 0 saturated carbocycles. The Morgan fingerprint density at radius 1 is 1.32 bits per heavy atom. The van der Waals surface area contributed by atoms with E-state index in [0.29, 0.717) is 12.8 Å². The first-order valence-corrected chi connectivity index (χ1v) is 7.58. The number of carbonyl (C=O) groups excluding carboxylic acids is 2. The molecule has 2 rings (SSSR count). The van der Waals surface area contributed by atoms with Gasteiger partial charge in [-0.25, -0.2) is 4.79 Å². The first kappa shape index (κ1) is 16.1. The molecule has 0 aliphatic rings. The third kappa shape index (κ3) is 3.87. The highest BCUT2D eigenvalue weighted by molar-refractivity contribution is 5.87. The normalized spacial score (nSPS) is 12.1. The lowest BCUT2D eigenvalue weighted by molar-refractivity contribution is -0.145. The molecule has 0 saturated heterocycles. The summed E-state index contributed by atoms with van der Waals surface area (Å²) in [5, 5.41) is 3.83.